The van der Waals surface area contributed by atoms with Crippen molar-refractivity contribution in [3.05, 3.63) is 0 Å². The van der Waals surface area contributed by atoms with Crippen LogP contribution >= 0.6 is 24.2 Å². The van der Waals surface area contributed by atoms with Crippen LogP contribution < -0.4 is 5.32 Å². The molecule has 0 radical (unpaired) electrons. The quantitative estimate of drug-likeness (QED) is 0.731. The lowest BCUT2D eigenvalue weighted by Crippen LogP contribution is -2.29. The Hall–Kier alpha value is 0.0700. The van der Waals surface area contributed by atoms with Gasteiger partial charge in [0.15, 0.2) is 0 Å². The molecule has 12 heavy (non-hydrogen) atoms. The Bertz CT molecular complexity index is 156. The third kappa shape index (κ3) is 3.21. The second kappa shape index (κ2) is 5.67. The van der Waals surface area contributed by atoms with Crippen LogP contribution in [0.25, 0.3) is 0 Å². The van der Waals surface area contributed by atoms with E-state index >= 15 is 0 Å². The van der Waals surface area contributed by atoms with E-state index in [-0.39, 0.29) is 18.4 Å². The second-order valence-electron chi connectivity index (χ2n) is 2.61. The van der Waals surface area contributed by atoms with Crippen LogP contribution in [0.1, 0.15) is 13.3 Å². The van der Waals surface area contributed by atoms with Gasteiger partial charge in [0.25, 0.3) is 0 Å². The Morgan fingerprint density at radius 2 is 2.42 bits per heavy atom. The van der Waals surface area contributed by atoms with Gasteiger partial charge in [0.05, 0.1) is 0 Å². The zero-order valence-electron chi connectivity index (χ0n) is 6.95. The molecule has 5 heteroatoms. The summed E-state index contributed by atoms with van der Waals surface area (Å²) in [6.07, 6.45) is 0.772. The van der Waals surface area contributed by atoms with Crippen molar-refractivity contribution < 1.29 is 9.90 Å². The first-order valence-corrected chi connectivity index (χ1v) is 4.86. The first-order chi connectivity index (χ1) is 5.24. The minimum atomic E-state index is -0.718. The molecule has 1 aliphatic heterocycles. The number of halogens is 1. The summed E-state index contributed by atoms with van der Waals surface area (Å²) in [5.74, 6) is 0.350. The lowest BCUT2D eigenvalue weighted by molar-refractivity contribution is -0.139. The average molecular weight is 212 g/mol. The maximum absolute atomic E-state index is 10.5. The van der Waals surface area contributed by atoms with Gasteiger partial charge in [-0.05, 0) is 12.2 Å². The van der Waals surface area contributed by atoms with E-state index in [4.69, 9.17) is 5.11 Å². The van der Waals surface area contributed by atoms with Gasteiger partial charge >= 0.3 is 5.97 Å². The molecular formula is C7H14ClNO2S. The highest BCUT2D eigenvalue weighted by molar-refractivity contribution is 7.99. The standard InChI is InChI=1S/C7H13NO2S.ClH/c1-2-11-5-3-6(7(9)10)8-4-5;/h5-6,8H,2-4H2,1H3,(H,9,10);1H/t5-,6+;/m1./s1. The highest BCUT2D eigenvalue weighted by Crippen LogP contribution is 2.20. The molecule has 1 rings (SSSR count). The van der Waals surface area contributed by atoms with E-state index < -0.39 is 5.97 Å². The Morgan fingerprint density at radius 3 is 2.83 bits per heavy atom. The summed E-state index contributed by atoms with van der Waals surface area (Å²) in [6, 6.07) is -0.306. The Kier molecular flexibility index (Phi) is 5.70. The maximum Gasteiger partial charge on any atom is 0.320 e. The van der Waals surface area contributed by atoms with Crippen LogP contribution in [0.4, 0.5) is 0 Å². The summed E-state index contributed by atoms with van der Waals surface area (Å²) in [7, 11) is 0. The summed E-state index contributed by atoms with van der Waals surface area (Å²) in [4.78, 5) is 10.5. The Balaban J connectivity index is 0.00000121. The van der Waals surface area contributed by atoms with Crippen molar-refractivity contribution in [2.45, 2.75) is 24.6 Å². The van der Waals surface area contributed by atoms with Gasteiger partial charge in [-0.1, -0.05) is 6.92 Å². The topological polar surface area (TPSA) is 49.3 Å². The summed E-state index contributed by atoms with van der Waals surface area (Å²) in [6.45, 7) is 2.94. The van der Waals surface area contributed by atoms with Gasteiger partial charge in [0.1, 0.15) is 6.04 Å². The predicted octanol–water partition coefficient (Wildman–Crippen LogP) is 0.976. The van der Waals surface area contributed by atoms with Gasteiger partial charge in [0, 0.05) is 11.8 Å². The van der Waals surface area contributed by atoms with E-state index in [0.717, 1.165) is 18.7 Å². The highest BCUT2D eigenvalue weighted by atomic mass is 35.5. The molecule has 0 aromatic rings. The summed E-state index contributed by atoms with van der Waals surface area (Å²) in [5.41, 5.74) is 0. The third-order valence-electron chi connectivity index (χ3n) is 1.79. The minimum Gasteiger partial charge on any atom is -0.480 e. The molecule has 0 saturated carbocycles. The van der Waals surface area contributed by atoms with Crippen molar-refractivity contribution in [3.63, 3.8) is 0 Å². The van der Waals surface area contributed by atoms with Gasteiger partial charge in [-0.3, -0.25) is 4.79 Å². The number of carboxylic acid groups (broad SMARTS) is 1. The first-order valence-electron chi connectivity index (χ1n) is 3.81. The van der Waals surface area contributed by atoms with Gasteiger partial charge in [-0.2, -0.15) is 11.8 Å². The van der Waals surface area contributed by atoms with E-state index in [1.54, 1.807) is 0 Å². The number of aliphatic carboxylic acids is 1. The van der Waals surface area contributed by atoms with Gasteiger partial charge in [-0.25, -0.2) is 0 Å². The van der Waals surface area contributed by atoms with Gasteiger partial charge in [0.2, 0.25) is 0 Å². The molecule has 1 aliphatic rings. The average Bonchev–Trinajstić information content (AvgIpc) is 2.37. The smallest absolute Gasteiger partial charge is 0.320 e. The largest absolute Gasteiger partial charge is 0.480 e. The van der Waals surface area contributed by atoms with Crippen LogP contribution in [0, 0.1) is 0 Å². The van der Waals surface area contributed by atoms with Gasteiger partial charge in [-0.15, -0.1) is 12.4 Å². The molecule has 0 bridgehead atoms. The Labute approximate surface area is 82.7 Å². The second-order valence-corrected chi connectivity index (χ2v) is 4.19. The molecular weight excluding hydrogens is 198 g/mol. The fourth-order valence-corrected chi connectivity index (χ4v) is 2.27. The van der Waals surface area contributed by atoms with Crippen molar-refractivity contribution in [3.8, 4) is 0 Å². The molecule has 3 nitrogen and oxygen atoms in total. The molecule has 2 atom stereocenters. The van der Waals surface area contributed by atoms with Crippen LogP contribution in [-0.2, 0) is 4.79 Å². The molecule has 72 valence electrons. The van der Waals surface area contributed by atoms with E-state index in [1.165, 1.54) is 0 Å². The normalized spacial score (nSPS) is 28.1. The summed E-state index contributed by atoms with van der Waals surface area (Å²) < 4.78 is 0. The lowest BCUT2D eigenvalue weighted by atomic mass is 10.2. The van der Waals surface area contributed by atoms with Crippen molar-refractivity contribution in [2.24, 2.45) is 0 Å². The van der Waals surface area contributed by atoms with Crippen LogP contribution in [0.2, 0.25) is 0 Å². The van der Waals surface area contributed by atoms with Crippen LogP contribution in [0.5, 0.6) is 0 Å². The molecule has 2 N–H and O–H groups in total. The number of thioether (sulfide) groups is 1. The zero-order chi connectivity index (χ0) is 8.27. The third-order valence-corrected chi connectivity index (χ3v) is 2.95. The number of hydrogen-bond acceptors (Lipinski definition) is 3. The predicted molar refractivity (Wildman–Crippen MR) is 53.2 cm³/mol. The summed E-state index contributed by atoms with van der Waals surface area (Å²) in [5, 5.41) is 12.1. The monoisotopic (exact) mass is 211 g/mol. The number of carboxylic acids is 1. The van der Waals surface area contributed by atoms with E-state index in [0.29, 0.717) is 5.25 Å². The molecule has 0 aliphatic carbocycles. The van der Waals surface area contributed by atoms with Crippen molar-refractivity contribution >= 4 is 30.1 Å². The van der Waals surface area contributed by atoms with Crippen LogP contribution in [-0.4, -0.2) is 34.7 Å². The number of nitrogens with one attached hydrogen (secondary N) is 1. The van der Waals surface area contributed by atoms with Crippen molar-refractivity contribution in [1.29, 1.82) is 0 Å². The van der Waals surface area contributed by atoms with Crippen LogP contribution in [0.15, 0.2) is 0 Å². The van der Waals surface area contributed by atoms with Crippen molar-refractivity contribution in [2.75, 3.05) is 12.3 Å². The van der Waals surface area contributed by atoms with E-state index in [2.05, 4.69) is 12.2 Å². The van der Waals surface area contributed by atoms with Crippen molar-refractivity contribution in [1.82, 2.24) is 5.32 Å². The summed E-state index contributed by atoms with van der Waals surface area (Å²) >= 11 is 1.83. The fraction of sp³-hybridized carbons (Fsp3) is 0.857. The number of carbonyl (C=O) groups is 1. The maximum atomic E-state index is 10.5. The Morgan fingerprint density at radius 1 is 1.75 bits per heavy atom. The number of hydrogen-bond donors (Lipinski definition) is 2. The molecule has 0 amide bonds. The molecule has 1 saturated heterocycles. The van der Waals surface area contributed by atoms with Gasteiger partial charge < -0.3 is 10.4 Å². The number of rotatable bonds is 3. The SMILES string of the molecule is CCS[C@H]1CN[C@H](C(=O)O)C1.Cl. The van der Waals surface area contributed by atoms with Crippen LogP contribution in [0.3, 0.4) is 0 Å². The van der Waals surface area contributed by atoms with E-state index in [1.807, 2.05) is 11.8 Å². The lowest BCUT2D eigenvalue weighted by Gasteiger charge is -2.04. The van der Waals surface area contributed by atoms with E-state index in [9.17, 15) is 4.79 Å². The highest BCUT2D eigenvalue weighted by Gasteiger charge is 2.28. The molecule has 1 heterocycles. The molecule has 1 fully saturated rings. The molecule has 0 unspecified atom stereocenters. The first kappa shape index (κ1) is 12.1. The molecule has 0 aromatic heterocycles. The fourth-order valence-electron chi connectivity index (χ4n) is 1.25. The molecule has 0 aromatic carbocycles. The zero-order valence-corrected chi connectivity index (χ0v) is 8.58. The minimum absolute atomic E-state index is 0. The molecule has 0 spiro atoms.